The predicted molar refractivity (Wildman–Crippen MR) is 55.8 cm³/mol. The summed E-state index contributed by atoms with van der Waals surface area (Å²) in [5, 5.41) is 17.8. The summed E-state index contributed by atoms with van der Waals surface area (Å²) in [7, 11) is 0. The zero-order chi connectivity index (χ0) is 10.9. The van der Waals surface area contributed by atoms with Gasteiger partial charge in [-0.15, -0.1) is 0 Å². The van der Waals surface area contributed by atoms with E-state index in [-0.39, 0.29) is 18.4 Å². The second-order valence-corrected chi connectivity index (χ2v) is 4.21. The SMILES string of the molecule is O=C(O)Cc1ccc(C2(CO)CC2)cc1. The summed E-state index contributed by atoms with van der Waals surface area (Å²) < 4.78 is 0. The second-order valence-electron chi connectivity index (χ2n) is 4.21. The number of carboxylic acid groups (broad SMARTS) is 1. The van der Waals surface area contributed by atoms with Crippen molar-refractivity contribution in [3.05, 3.63) is 35.4 Å². The van der Waals surface area contributed by atoms with E-state index >= 15 is 0 Å². The van der Waals surface area contributed by atoms with Crippen molar-refractivity contribution in [2.75, 3.05) is 6.61 Å². The first-order valence-electron chi connectivity index (χ1n) is 5.08. The number of benzene rings is 1. The largest absolute Gasteiger partial charge is 0.481 e. The molecule has 1 aliphatic carbocycles. The molecule has 1 fully saturated rings. The van der Waals surface area contributed by atoms with Crippen molar-refractivity contribution in [2.24, 2.45) is 0 Å². The summed E-state index contributed by atoms with van der Waals surface area (Å²) >= 11 is 0. The number of hydrogen-bond donors (Lipinski definition) is 2. The maximum Gasteiger partial charge on any atom is 0.307 e. The Morgan fingerprint density at radius 2 is 1.87 bits per heavy atom. The molecule has 0 spiro atoms. The smallest absolute Gasteiger partial charge is 0.307 e. The quantitative estimate of drug-likeness (QED) is 0.781. The molecular weight excluding hydrogens is 192 g/mol. The molecule has 0 heterocycles. The van der Waals surface area contributed by atoms with E-state index in [0.29, 0.717) is 0 Å². The van der Waals surface area contributed by atoms with E-state index in [1.807, 2.05) is 24.3 Å². The van der Waals surface area contributed by atoms with Crippen LogP contribution in [0.2, 0.25) is 0 Å². The van der Waals surface area contributed by atoms with Crippen LogP contribution in [0.25, 0.3) is 0 Å². The van der Waals surface area contributed by atoms with Crippen molar-refractivity contribution in [2.45, 2.75) is 24.7 Å². The van der Waals surface area contributed by atoms with Crippen molar-refractivity contribution >= 4 is 5.97 Å². The third-order valence-electron chi connectivity index (χ3n) is 3.08. The Balaban J connectivity index is 2.14. The molecule has 1 saturated carbocycles. The number of aliphatic hydroxyl groups is 1. The van der Waals surface area contributed by atoms with E-state index in [9.17, 15) is 9.90 Å². The molecule has 0 amide bonds. The molecule has 1 aliphatic rings. The van der Waals surface area contributed by atoms with E-state index in [0.717, 1.165) is 24.0 Å². The maximum absolute atomic E-state index is 10.5. The molecule has 1 aromatic carbocycles. The van der Waals surface area contributed by atoms with Crippen LogP contribution in [0, 0.1) is 0 Å². The molecule has 0 radical (unpaired) electrons. The molecule has 0 aliphatic heterocycles. The van der Waals surface area contributed by atoms with Crippen LogP contribution in [0.1, 0.15) is 24.0 Å². The van der Waals surface area contributed by atoms with E-state index in [2.05, 4.69) is 0 Å². The van der Waals surface area contributed by atoms with Crippen LogP contribution in [0.15, 0.2) is 24.3 Å². The molecule has 2 N–H and O–H groups in total. The minimum absolute atomic E-state index is 0.0260. The lowest BCUT2D eigenvalue weighted by Gasteiger charge is -2.12. The Kier molecular flexibility index (Phi) is 2.49. The minimum atomic E-state index is -0.814. The Bertz CT molecular complexity index is 363. The average Bonchev–Trinajstić information content (AvgIpc) is 2.99. The Labute approximate surface area is 88.4 Å². The van der Waals surface area contributed by atoms with Gasteiger partial charge in [-0.25, -0.2) is 0 Å². The van der Waals surface area contributed by atoms with Crippen molar-refractivity contribution in [3.63, 3.8) is 0 Å². The molecule has 0 saturated heterocycles. The van der Waals surface area contributed by atoms with Gasteiger partial charge < -0.3 is 10.2 Å². The molecule has 15 heavy (non-hydrogen) atoms. The number of aliphatic carboxylic acids is 1. The minimum Gasteiger partial charge on any atom is -0.481 e. The number of carbonyl (C=O) groups is 1. The fourth-order valence-corrected chi connectivity index (χ4v) is 1.84. The highest BCUT2D eigenvalue weighted by molar-refractivity contribution is 5.70. The Morgan fingerprint density at radius 1 is 1.27 bits per heavy atom. The summed E-state index contributed by atoms with van der Waals surface area (Å²) in [5.41, 5.74) is 1.90. The van der Waals surface area contributed by atoms with Gasteiger partial charge in [0.25, 0.3) is 0 Å². The van der Waals surface area contributed by atoms with Crippen LogP contribution in [-0.4, -0.2) is 22.8 Å². The van der Waals surface area contributed by atoms with E-state index in [4.69, 9.17) is 5.11 Å². The first kappa shape index (κ1) is 10.2. The van der Waals surface area contributed by atoms with E-state index in [1.165, 1.54) is 0 Å². The highest BCUT2D eigenvalue weighted by atomic mass is 16.4. The first-order valence-corrected chi connectivity index (χ1v) is 5.08. The average molecular weight is 206 g/mol. The molecule has 3 nitrogen and oxygen atoms in total. The number of hydrogen-bond acceptors (Lipinski definition) is 2. The summed E-state index contributed by atoms with van der Waals surface area (Å²) in [6, 6.07) is 7.53. The molecule has 3 heteroatoms. The molecular formula is C12H14O3. The topological polar surface area (TPSA) is 57.5 Å². The summed E-state index contributed by atoms with van der Waals surface area (Å²) in [5.74, 6) is -0.814. The molecule has 2 rings (SSSR count). The fraction of sp³-hybridized carbons (Fsp3) is 0.417. The number of carboxylic acids is 1. The van der Waals surface area contributed by atoms with Crippen molar-refractivity contribution in [1.82, 2.24) is 0 Å². The second kappa shape index (κ2) is 3.66. The molecule has 0 aromatic heterocycles. The zero-order valence-corrected chi connectivity index (χ0v) is 8.44. The maximum atomic E-state index is 10.5. The van der Waals surface area contributed by atoms with Gasteiger partial charge in [-0.2, -0.15) is 0 Å². The van der Waals surface area contributed by atoms with Gasteiger partial charge in [-0.3, -0.25) is 4.79 Å². The molecule has 0 atom stereocenters. The zero-order valence-electron chi connectivity index (χ0n) is 8.44. The van der Waals surface area contributed by atoms with Gasteiger partial charge >= 0.3 is 5.97 Å². The highest BCUT2D eigenvalue weighted by Crippen LogP contribution is 2.47. The Hall–Kier alpha value is -1.35. The normalized spacial score (nSPS) is 17.4. The van der Waals surface area contributed by atoms with Crippen molar-refractivity contribution < 1.29 is 15.0 Å². The van der Waals surface area contributed by atoms with Gasteiger partial charge in [-0.1, -0.05) is 24.3 Å². The van der Waals surface area contributed by atoms with Gasteiger partial charge in [0.15, 0.2) is 0 Å². The monoisotopic (exact) mass is 206 g/mol. The summed E-state index contributed by atoms with van der Waals surface area (Å²) in [4.78, 5) is 10.5. The standard InChI is InChI=1S/C12H14O3/c13-8-12(5-6-12)10-3-1-9(2-4-10)7-11(14)15/h1-4,13H,5-8H2,(H,14,15). The third kappa shape index (κ3) is 2.02. The van der Waals surface area contributed by atoms with Crippen LogP contribution in [0.4, 0.5) is 0 Å². The molecule has 0 bridgehead atoms. The number of aliphatic hydroxyl groups excluding tert-OH is 1. The molecule has 0 unspecified atom stereocenters. The Morgan fingerprint density at radius 3 is 2.27 bits per heavy atom. The van der Waals surface area contributed by atoms with Gasteiger partial charge in [0.2, 0.25) is 0 Å². The predicted octanol–water partition coefficient (Wildman–Crippen LogP) is 1.34. The molecule has 1 aromatic rings. The van der Waals surface area contributed by atoms with Gasteiger partial charge in [0.1, 0.15) is 0 Å². The first-order chi connectivity index (χ1) is 7.16. The van der Waals surface area contributed by atoms with Crippen LogP contribution in [-0.2, 0) is 16.6 Å². The van der Waals surface area contributed by atoms with Crippen molar-refractivity contribution in [1.29, 1.82) is 0 Å². The van der Waals surface area contributed by atoms with Gasteiger partial charge in [0.05, 0.1) is 13.0 Å². The van der Waals surface area contributed by atoms with Crippen LogP contribution in [0.3, 0.4) is 0 Å². The number of rotatable bonds is 4. The highest BCUT2D eigenvalue weighted by Gasteiger charge is 2.43. The lowest BCUT2D eigenvalue weighted by Crippen LogP contribution is -2.11. The third-order valence-corrected chi connectivity index (χ3v) is 3.08. The van der Waals surface area contributed by atoms with E-state index in [1.54, 1.807) is 0 Å². The lowest BCUT2D eigenvalue weighted by atomic mass is 9.95. The van der Waals surface area contributed by atoms with E-state index < -0.39 is 5.97 Å². The lowest BCUT2D eigenvalue weighted by molar-refractivity contribution is -0.136. The summed E-state index contributed by atoms with van der Waals surface area (Å²) in [6.45, 7) is 0.186. The van der Waals surface area contributed by atoms with Gasteiger partial charge in [0, 0.05) is 5.41 Å². The summed E-state index contributed by atoms with van der Waals surface area (Å²) in [6.07, 6.45) is 2.12. The van der Waals surface area contributed by atoms with Crippen LogP contribution in [0.5, 0.6) is 0 Å². The fourth-order valence-electron chi connectivity index (χ4n) is 1.84. The van der Waals surface area contributed by atoms with Gasteiger partial charge in [-0.05, 0) is 24.0 Å². The van der Waals surface area contributed by atoms with Crippen LogP contribution < -0.4 is 0 Å². The molecule has 80 valence electrons. The van der Waals surface area contributed by atoms with Crippen LogP contribution >= 0.6 is 0 Å². The van der Waals surface area contributed by atoms with Crippen molar-refractivity contribution in [3.8, 4) is 0 Å².